The Bertz CT molecular complexity index is 963. The van der Waals surface area contributed by atoms with E-state index in [0.29, 0.717) is 28.8 Å². The second-order valence-electron chi connectivity index (χ2n) is 8.08. The number of nitrogens with zero attached hydrogens (tertiary/aromatic N) is 3. The smallest absolute Gasteiger partial charge is 0.229 e. The quantitative estimate of drug-likeness (QED) is 0.431. The number of hydrogen-bond donors (Lipinski definition) is 3. The molecule has 1 atom stereocenters. The first-order valence-electron chi connectivity index (χ1n) is 11.0. The molecule has 1 aromatic heterocycles. The van der Waals surface area contributed by atoms with Gasteiger partial charge in [0, 0.05) is 36.6 Å². The number of morpholine rings is 1. The van der Waals surface area contributed by atoms with Gasteiger partial charge in [0.05, 0.1) is 30.5 Å². The van der Waals surface area contributed by atoms with Crippen LogP contribution >= 0.6 is 0 Å². The third-order valence-electron chi connectivity index (χ3n) is 5.34. The maximum atomic E-state index is 12.7. The van der Waals surface area contributed by atoms with Gasteiger partial charge in [-0.3, -0.25) is 4.90 Å². The van der Waals surface area contributed by atoms with Crippen LogP contribution in [0.4, 0.5) is 17.5 Å². The van der Waals surface area contributed by atoms with Gasteiger partial charge in [-0.15, -0.1) is 0 Å². The molecule has 1 aliphatic rings. The lowest BCUT2D eigenvalue weighted by Gasteiger charge is -2.26. The van der Waals surface area contributed by atoms with E-state index in [4.69, 9.17) is 4.74 Å². The molecule has 0 amide bonds. The average molecular weight is 464 g/mol. The lowest BCUT2D eigenvalue weighted by Crippen LogP contribution is -2.36. The summed E-state index contributed by atoms with van der Waals surface area (Å²) in [6.07, 6.45) is 3.19. The molecule has 0 saturated carbocycles. The minimum absolute atomic E-state index is 0.00461. The SMILES string of the molecule is Cc1cnc(Nc2ccc(S(=O)(=O)CCCCN3CCOCC3)cc2)nc1N[C@H](C)CO. The number of ether oxygens (including phenoxy) is 1. The summed E-state index contributed by atoms with van der Waals surface area (Å²) in [5.41, 5.74) is 1.56. The zero-order chi connectivity index (χ0) is 23.0. The van der Waals surface area contributed by atoms with Gasteiger partial charge in [-0.2, -0.15) is 4.98 Å². The molecule has 3 rings (SSSR count). The van der Waals surface area contributed by atoms with Crippen LogP contribution in [0.5, 0.6) is 0 Å². The molecule has 9 nitrogen and oxygen atoms in total. The van der Waals surface area contributed by atoms with E-state index >= 15 is 0 Å². The third kappa shape index (κ3) is 7.13. The first-order chi connectivity index (χ1) is 15.4. The van der Waals surface area contributed by atoms with Gasteiger partial charge in [-0.25, -0.2) is 13.4 Å². The fraction of sp³-hybridized carbons (Fsp3) is 0.545. The normalized spacial score (nSPS) is 16.0. The van der Waals surface area contributed by atoms with Crippen molar-refractivity contribution in [3.05, 3.63) is 36.0 Å². The van der Waals surface area contributed by atoms with Crippen LogP contribution < -0.4 is 10.6 Å². The fourth-order valence-corrected chi connectivity index (χ4v) is 4.74. The van der Waals surface area contributed by atoms with Gasteiger partial charge in [-0.05, 0) is 57.5 Å². The maximum absolute atomic E-state index is 12.7. The van der Waals surface area contributed by atoms with Crippen molar-refractivity contribution in [1.82, 2.24) is 14.9 Å². The van der Waals surface area contributed by atoms with Crippen LogP contribution in [-0.4, -0.2) is 79.6 Å². The van der Waals surface area contributed by atoms with E-state index in [1.807, 2.05) is 13.8 Å². The van der Waals surface area contributed by atoms with Gasteiger partial charge in [-0.1, -0.05) is 0 Å². The number of sulfone groups is 1. The Labute approximate surface area is 190 Å². The van der Waals surface area contributed by atoms with E-state index in [9.17, 15) is 13.5 Å². The molecule has 0 bridgehead atoms. The topological polar surface area (TPSA) is 117 Å². The molecule has 1 aliphatic heterocycles. The van der Waals surface area contributed by atoms with E-state index in [1.165, 1.54) is 0 Å². The number of aliphatic hydroxyl groups excluding tert-OH is 1. The van der Waals surface area contributed by atoms with E-state index in [2.05, 4.69) is 25.5 Å². The van der Waals surface area contributed by atoms with Crippen molar-refractivity contribution in [2.24, 2.45) is 0 Å². The van der Waals surface area contributed by atoms with Crippen LogP contribution in [0, 0.1) is 6.92 Å². The maximum Gasteiger partial charge on any atom is 0.229 e. The number of unbranched alkanes of at least 4 members (excludes halogenated alkanes) is 1. The predicted octanol–water partition coefficient (Wildman–Crippen LogP) is 2.21. The molecule has 2 aromatic rings. The highest BCUT2D eigenvalue weighted by atomic mass is 32.2. The van der Waals surface area contributed by atoms with Crippen molar-refractivity contribution in [2.45, 2.75) is 37.6 Å². The average Bonchev–Trinajstić information content (AvgIpc) is 2.80. The Morgan fingerprint density at radius 3 is 2.59 bits per heavy atom. The minimum Gasteiger partial charge on any atom is -0.394 e. The van der Waals surface area contributed by atoms with Gasteiger partial charge < -0.3 is 20.5 Å². The summed E-state index contributed by atoms with van der Waals surface area (Å²) in [6.45, 7) is 8.00. The molecular weight excluding hydrogens is 430 g/mol. The Morgan fingerprint density at radius 1 is 1.19 bits per heavy atom. The molecule has 0 aliphatic carbocycles. The van der Waals surface area contributed by atoms with Crippen molar-refractivity contribution < 1.29 is 18.3 Å². The number of nitrogens with one attached hydrogen (secondary N) is 2. The van der Waals surface area contributed by atoms with Crippen molar-refractivity contribution in [3.8, 4) is 0 Å². The monoisotopic (exact) mass is 463 g/mol. The lowest BCUT2D eigenvalue weighted by molar-refractivity contribution is 0.0373. The van der Waals surface area contributed by atoms with Gasteiger partial charge >= 0.3 is 0 Å². The molecule has 0 radical (unpaired) electrons. The van der Waals surface area contributed by atoms with Crippen LogP contribution in [0.25, 0.3) is 0 Å². The number of aromatic nitrogens is 2. The van der Waals surface area contributed by atoms with E-state index in [1.54, 1.807) is 30.5 Å². The predicted molar refractivity (Wildman–Crippen MR) is 125 cm³/mol. The fourth-order valence-electron chi connectivity index (χ4n) is 3.37. The summed E-state index contributed by atoms with van der Waals surface area (Å²) in [5.74, 6) is 1.17. The molecule has 0 spiro atoms. The second kappa shape index (κ2) is 11.6. The summed E-state index contributed by atoms with van der Waals surface area (Å²) >= 11 is 0. The van der Waals surface area contributed by atoms with Crippen LogP contribution in [0.2, 0.25) is 0 Å². The third-order valence-corrected chi connectivity index (χ3v) is 7.16. The number of hydrogen-bond acceptors (Lipinski definition) is 9. The van der Waals surface area contributed by atoms with Crippen LogP contribution in [0.3, 0.4) is 0 Å². The van der Waals surface area contributed by atoms with E-state index in [0.717, 1.165) is 44.8 Å². The van der Waals surface area contributed by atoms with Gasteiger partial charge in [0.2, 0.25) is 5.95 Å². The van der Waals surface area contributed by atoms with Gasteiger partial charge in [0.1, 0.15) is 5.82 Å². The Kier molecular flexibility index (Phi) is 8.80. The number of aryl methyl sites for hydroxylation is 1. The summed E-state index contributed by atoms with van der Waals surface area (Å²) in [6, 6.07) is 6.53. The number of rotatable bonds is 11. The highest BCUT2D eigenvalue weighted by Crippen LogP contribution is 2.20. The van der Waals surface area contributed by atoms with Crippen molar-refractivity contribution in [3.63, 3.8) is 0 Å². The van der Waals surface area contributed by atoms with Gasteiger partial charge in [0.25, 0.3) is 0 Å². The Hall–Kier alpha value is -2.27. The molecule has 2 heterocycles. The van der Waals surface area contributed by atoms with E-state index in [-0.39, 0.29) is 18.4 Å². The van der Waals surface area contributed by atoms with Crippen molar-refractivity contribution >= 4 is 27.3 Å². The molecule has 1 fully saturated rings. The zero-order valence-electron chi connectivity index (χ0n) is 18.7. The number of anilines is 3. The molecule has 1 saturated heterocycles. The molecule has 3 N–H and O–H groups in total. The van der Waals surface area contributed by atoms with Crippen LogP contribution in [0.1, 0.15) is 25.3 Å². The first kappa shape index (κ1) is 24.4. The molecule has 10 heteroatoms. The summed E-state index contributed by atoms with van der Waals surface area (Å²) in [7, 11) is -3.32. The number of benzene rings is 1. The molecule has 32 heavy (non-hydrogen) atoms. The first-order valence-corrected chi connectivity index (χ1v) is 12.6. The summed E-state index contributed by atoms with van der Waals surface area (Å²) in [5, 5.41) is 15.5. The van der Waals surface area contributed by atoms with Gasteiger partial charge in [0.15, 0.2) is 9.84 Å². The minimum atomic E-state index is -3.32. The Balaban J connectivity index is 1.54. The van der Waals surface area contributed by atoms with Crippen molar-refractivity contribution in [2.75, 3.05) is 55.8 Å². The largest absolute Gasteiger partial charge is 0.394 e. The molecule has 0 unspecified atom stereocenters. The summed E-state index contributed by atoms with van der Waals surface area (Å²) in [4.78, 5) is 11.3. The second-order valence-corrected chi connectivity index (χ2v) is 10.2. The summed E-state index contributed by atoms with van der Waals surface area (Å²) < 4.78 is 30.7. The standard InChI is InChI=1S/C22H33N5O4S/c1-17-15-23-22(26-21(17)24-18(2)16-28)25-19-5-7-20(8-6-19)32(29,30)14-4-3-9-27-10-12-31-13-11-27/h5-8,15,18,28H,3-4,9-14,16H2,1-2H3,(H2,23,24,25,26)/t18-/m1/s1. The lowest BCUT2D eigenvalue weighted by atomic mass is 10.3. The highest BCUT2D eigenvalue weighted by Gasteiger charge is 2.15. The van der Waals surface area contributed by atoms with Crippen LogP contribution in [0.15, 0.2) is 35.4 Å². The molecule has 176 valence electrons. The Morgan fingerprint density at radius 2 is 1.91 bits per heavy atom. The molecule has 1 aromatic carbocycles. The van der Waals surface area contributed by atoms with E-state index < -0.39 is 9.84 Å². The van der Waals surface area contributed by atoms with Crippen molar-refractivity contribution in [1.29, 1.82) is 0 Å². The molecular formula is C22H33N5O4S. The number of aliphatic hydroxyl groups is 1. The van der Waals surface area contributed by atoms with Crippen LogP contribution in [-0.2, 0) is 14.6 Å². The zero-order valence-corrected chi connectivity index (χ0v) is 19.6. The highest BCUT2D eigenvalue weighted by molar-refractivity contribution is 7.91.